The molecule has 0 radical (unpaired) electrons. The third kappa shape index (κ3) is 3.52. The van der Waals surface area contributed by atoms with Gasteiger partial charge in [0.1, 0.15) is 11.5 Å². The molecule has 1 fully saturated rings. The van der Waals surface area contributed by atoms with Gasteiger partial charge in [0.2, 0.25) is 0 Å². The number of hydrogen-bond acceptors (Lipinski definition) is 3. The molecule has 1 saturated carbocycles. The van der Waals surface area contributed by atoms with Gasteiger partial charge in [0, 0.05) is 5.56 Å². The molecule has 0 saturated heterocycles. The molecule has 0 aliphatic heterocycles. The second-order valence-electron chi connectivity index (χ2n) is 3.79. The highest BCUT2D eigenvalue weighted by atomic mass is 19.4. The summed E-state index contributed by atoms with van der Waals surface area (Å²) in [5, 5.41) is 9.06. The van der Waals surface area contributed by atoms with Crippen molar-refractivity contribution >= 4 is 0 Å². The van der Waals surface area contributed by atoms with Crippen LogP contribution in [0, 0.1) is 0 Å². The Morgan fingerprint density at radius 3 is 2.53 bits per heavy atom. The highest BCUT2D eigenvalue weighted by Gasteiger charge is 2.31. The Kier molecular flexibility index (Phi) is 3.15. The number of hydrogen-bond donors (Lipinski definition) is 1. The smallest absolute Gasteiger partial charge is 0.490 e. The van der Waals surface area contributed by atoms with Gasteiger partial charge in [-0.1, -0.05) is 0 Å². The van der Waals surface area contributed by atoms with Crippen LogP contribution in [0.5, 0.6) is 11.5 Å². The molecular formula is C11H11F3O3. The fourth-order valence-electron chi connectivity index (χ4n) is 1.36. The maximum absolute atomic E-state index is 12.0. The van der Waals surface area contributed by atoms with Crippen molar-refractivity contribution in [3.8, 4) is 11.5 Å². The van der Waals surface area contributed by atoms with E-state index in [9.17, 15) is 13.2 Å². The second kappa shape index (κ2) is 4.44. The number of halogens is 3. The van der Waals surface area contributed by atoms with E-state index in [0.29, 0.717) is 11.3 Å². The number of benzene rings is 1. The monoisotopic (exact) mass is 248 g/mol. The van der Waals surface area contributed by atoms with Gasteiger partial charge in [-0.2, -0.15) is 0 Å². The van der Waals surface area contributed by atoms with Crippen molar-refractivity contribution in [3.63, 3.8) is 0 Å². The lowest BCUT2D eigenvalue weighted by atomic mass is 10.2. The van der Waals surface area contributed by atoms with Gasteiger partial charge < -0.3 is 14.6 Å². The molecule has 0 heterocycles. The van der Waals surface area contributed by atoms with Crippen LogP contribution in [0.1, 0.15) is 18.4 Å². The normalized spacial score (nSPS) is 15.8. The second-order valence-corrected chi connectivity index (χ2v) is 3.79. The summed E-state index contributed by atoms with van der Waals surface area (Å²) in [4.78, 5) is 0. The van der Waals surface area contributed by atoms with E-state index in [0.717, 1.165) is 18.9 Å². The minimum atomic E-state index is -4.73. The molecule has 2 rings (SSSR count). The van der Waals surface area contributed by atoms with Crippen LogP contribution in [0.25, 0.3) is 0 Å². The predicted molar refractivity (Wildman–Crippen MR) is 52.7 cm³/mol. The van der Waals surface area contributed by atoms with Gasteiger partial charge >= 0.3 is 6.36 Å². The van der Waals surface area contributed by atoms with Crippen molar-refractivity contribution < 1.29 is 27.8 Å². The molecule has 1 aromatic rings. The predicted octanol–water partition coefficient (Wildman–Crippen LogP) is 2.62. The molecule has 1 aliphatic carbocycles. The van der Waals surface area contributed by atoms with Crippen molar-refractivity contribution in [2.45, 2.75) is 31.9 Å². The van der Waals surface area contributed by atoms with Crippen LogP contribution >= 0.6 is 0 Å². The molecule has 1 aromatic carbocycles. The molecule has 0 bridgehead atoms. The van der Waals surface area contributed by atoms with E-state index in [2.05, 4.69) is 4.74 Å². The average Bonchev–Trinajstić information content (AvgIpc) is 3.02. The molecule has 0 aromatic heterocycles. The van der Waals surface area contributed by atoms with E-state index >= 15 is 0 Å². The zero-order valence-electron chi connectivity index (χ0n) is 8.83. The Morgan fingerprint density at radius 1 is 1.29 bits per heavy atom. The van der Waals surface area contributed by atoms with E-state index in [1.54, 1.807) is 0 Å². The largest absolute Gasteiger partial charge is 0.573 e. The summed E-state index contributed by atoms with van der Waals surface area (Å²) in [5.74, 6) is 0.0502. The molecule has 6 heteroatoms. The van der Waals surface area contributed by atoms with Crippen molar-refractivity contribution in [1.29, 1.82) is 0 Å². The van der Waals surface area contributed by atoms with Gasteiger partial charge in [-0.15, -0.1) is 13.2 Å². The minimum absolute atomic E-state index is 0.120. The number of alkyl halides is 3. The molecular weight excluding hydrogens is 237 g/mol. The van der Waals surface area contributed by atoms with Crippen LogP contribution in [0.4, 0.5) is 13.2 Å². The first kappa shape index (κ1) is 12.0. The van der Waals surface area contributed by atoms with Crippen molar-refractivity contribution in [2.75, 3.05) is 0 Å². The van der Waals surface area contributed by atoms with Crippen LogP contribution in [-0.2, 0) is 6.61 Å². The molecule has 1 N–H and O–H groups in total. The van der Waals surface area contributed by atoms with Crippen LogP contribution in [0.15, 0.2) is 18.2 Å². The van der Waals surface area contributed by atoms with Crippen LogP contribution in [0.3, 0.4) is 0 Å². The van der Waals surface area contributed by atoms with Crippen molar-refractivity contribution in [2.24, 2.45) is 0 Å². The topological polar surface area (TPSA) is 38.7 Å². The Morgan fingerprint density at radius 2 is 2.00 bits per heavy atom. The Hall–Kier alpha value is -1.43. The summed E-state index contributed by atoms with van der Waals surface area (Å²) in [6.45, 7) is -0.392. The maximum atomic E-state index is 12.0. The summed E-state index contributed by atoms with van der Waals surface area (Å²) in [7, 11) is 0. The summed E-state index contributed by atoms with van der Waals surface area (Å²) in [6.07, 6.45) is -2.74. The Balaban J connectivity index is 2.14. The lowest BCUT2D eigenvalue weighted by Gasteiger charge is -2.13. The Labute approximate surface area is 95.8 Å². The van der Waals surface area contributed by atoms with E-state index in [4.69, 9.17) is 9.84 Å². The van der Waals surface area contributed by atoms with E-state index < -0.39 is 13.0 Å². The molecule has 0 unspecified atom stereocenters. The lowest BCUT2D eigenvalue weighted by Crippen LogP contribution is -2.17. The standard InChI is InChI=1S/C11H11F3O3/c12-11(13,14)17-9-3-4-10(7(5-9)6-15)16-8-1-2-8/h3-5,8,15H,1-2,6H2. The maximum Gasteiger partial charge on any atom is 0.573 e. The first-order valence-electron chi connectivity index (χ1n) is 5.14. The summed E-state index contributed by atoms with van der Waals surface area (Å²) < 4.78 is 45.1. The first-order valence-corrected chi connectivity index (χ1v) is 5.14. The fourth-order valence-corrected chi connectivity index (χ4v) is 1.36. The van der Waals surface area contributed by atoms with Crippen LogP contribution in [-0.4, -0.2) is 17.6 Å². The zero-order valence-corrected chi connectivity index (χ0v) is 8.83. The molecule has 17 heavy (non-hydrogen) atoms. The SMILES string of the molecule is OCc1cc(OC(F)(F)F)ccc1OC1CC1. The number of aliphatic hydroxyl groups excluding tert-OH is 1. The first-order chi connectivity index (χ1) is 7.98. The molecule has 3 nitrogen and oxygen atoms in total. The highest BCUT2D eigenvalue weighted by molar-refractivity contribution is 5.40. The molecule has 0 atom stereocenters. The quantitative estimate of drug-likeness (QED) is 0.890. The summed E-state index contributed by atoms with van der Waals surface area (Å²) in [5.41, 5.74) is 0.290. The fraction of sp³-hybridized carbons (Fsp3) is 0.455. The van der Waals surface area contributed by atoms with E-state index in [1.165, 1.54) is 12.1 Å². The van der Waals surface area contributed by atoms with Crippen molar-refractivity contribution in [3.05, 3.63) is 23.8 Å². The van der Waals surface area contributed by atoms with E-state index in [-0.39, 0.29) is 11.9 Å². The van der Waals surface area contributed by atoms with Gasteiger partial charge in [-0.3, -0.25) is 0 Å². The van der Waals surface area contributed by atoms with Gasteiger partial charge in [-0.25, -0.2) is 0 Å². The third-order valence-corrected chi connectivity index (χ3v) is 2.25. The minimum Gasteiger partial charge on any atom is -0.490 e. The highest BCUT2D eigenvalue weighted by Crippen LogP contribution is 2.32. The van der Waals surface area contributed by atoms with Crippen molar-refractivity contribution in [1.82, 2.24) is 0 Å². The van der Waals surface area contributed by atoms with E-state index in [1.807, 2.05) is 0 Å². The molecule has 1 aliphatic rings. The van der Waals surface area contributed by atoms with Crippen LogP contribution in [0.2, 0.25) is 0 Å². The lowest BCUT2D eigenvalue weighted by molar-refractivity contribution is -0.274. The van der Waals surface area contributed by atoms with Gasteiger partial charge in [0.15, 0.2) is 0 Å². The summed E-state index contributed by atoms with van der Waals surface area (Å²) in [6, 6.07) is 3.68. The number of aliphatic hydroxyl groups is 1. The van der Waals surface area contributed by atoms with Crippen LogP contribution < -0.4 is 9.47 Å². The Bertz CT molecular complexity index is 399. The zero-order chi connectivity index (χ0) is 12.5. The van der Waals surface area contributed by atoms with Gasteiger partial charge in [0.25, 0.3) is 0 Å². The molecule has 0 amide bonds. The molecule has 0 spiro atoms. The average molecular weight is 248 g/mol. The van der Waals surface area contributed by atoms with Gasteiger partial charge in [-0.05, 0) is 31.0 Å². The third-order valence-electron chi connectivity index (χ3n) is 2.25. The van der Waals surface area contributed by atoms with Gasteiger partial charge in [0.05, 0.1) is 12.7 Å². The summed E-state index contributed by atoms with van der Waals surface area (Å²) >= 11 is 0. The number of rotatable bonds is 4. The number of ether oxygens (including phenoxy) is 2. The molecule has 94 valence electrons.